The van der Waals surface area contributed by atoms with E-state index in [2.05, 4.69) is 83.6 Å². The van der Waals surface area contributed by atoms with E-state index < -0.39 is 0 Å². The highest BCUT2D eigenvalue weighted by Gasteiger charge is 2.34. The zero-order valence-electron chi connectivity index (χ0n) is 18.3. The predicted octanol–water partition coefficient (Wildman–Crippen LogP) is 4.66. The third-order valence-electron chi connectivity index (χ3n) is 5.50. The Morgan fingerprint density at radius 1 is 1.23 bits per heavy atom. The maximum atomic E-state index is 5.67. The lowest BCUT2D eigenvalue weighted by Crippen LogP contribution is -2.53. The molecule has 1 saturated heterocycles. The van der Waals surface area contributed by atoms with Gasteiger partial charge in [-0.15, -0.1) is 24.0 Å². The first-order chi connectivity index (χ1) is 14.1. The van der Waals surface area contributed by atoms with Crippen molar-refractivity contribution in [3.63, 3.8) is 0 Å². The minimum atomic E-state index is -0.0442. The monoisotopic (exact) mass is 542 g/mol. The van der Waals surface area contributed by atoms with Crippen molar-refractivity contribution in [1.82, 2.24) is 15.5 Å². The summed E-state index contributed by atoms with van der Waals surface area (Å²) in [5.41, 5.74) is 2.58. The molecule has 5 nitrogen and oxygen atoms in total. The minimum absolute atomic E-state index is 0. The maximum absolute atomic E-state index is 5.67. The highest BCUT2D eigenvalue weighted by atomic mass is 127. The van der Waals surface area contributed by atoms with Crippen LogP contribution in [0.3, 0.4) is 0 Å². The number of nitrogens with one attached hydrogen (secondary N) is 2. The van der Waals surface area contributed by atoms with E-state index in [0.717, 1.165) is 51.6 Å². The van der Waals surface area contributed by atoms with Crippen LogP contribution in [0.15, 0.2) is 52.2 Å². The zero-order chi connectivity index (χ0) is 20.5. The Kier molecular flexibility index (Phi) is 10.6. The maximum Gasteiger partial charge on any atom is 0.194 e. The average Bonchev–Trinajstić information content (AvgIpc) is 3.25. The Morgan fingerprint density at radius 3 is 2.60 bits per heavy atom. The lowest BCUT2D eigenvalue weighted by Gasteiger charge is -2.39. The standard InChI is InChI=1S/C23H34N4OS.HI/c1-4-24-22(27(3)16-20-10-15-29-17-20)25-18-23(11-13-28-14-12-23)26-19(2)21-8-6-5-7-9-21;/h5-10,15,17,19,26H,4,11-14,16,18H2,1-3H3,(H,24,25);1H. The van der Waals surface area contributed by atoms with Crippen molar-refractivity contribution in [2.45, 2.75) is 44.8 Å². The van der Waals surface area contributed by atoms with Crippen LogP contribution in [-0.4, -0.2) is 49.7 Å². The molecule has 0 amide bonds. The molecule has 7 heteroatoms. The normalized spacial score (nSPS) is 17.1. The van der Waals surface area contributed by atoms with Gasteiger partial charge < -0.3 is 20.3 Å². The van der Waals surface area contributed by atoms with Gasteiger partial charge in [0.25, 0.3) is 0 Å². The second-order valence-electron chi connectivity index (χ2n) is 7.83. The van der Waals surface area contributed by atoms with E-state index in [0.29, 0.717) is 0 Å². The summed E-state index contributed by atoms with van der Waals surface area (Å²) in [6.45, 7) is 8.38. The molecular formula is C23H35IN4OS. The van der Waals surface area contributed by atoms with Crippen molar-refractivity contribution < 1.29 is 4.74 Å². The molecule has 0 saturated carbocycles. The third-order valence-corrected chi connectivity index (χ3v) is 6.23. The van der Waals surface area contributed by atoms with Crippen LogP contribution in [0.4, 0.5) is 0 Å². The first kappa shape index (κ1) is 25.1. The van der Waals surface area contributed by atoms with Crippen LogP contribution < -0.4 is 10.6 Å². The Hall–Kier alpha value is -1.16. The molecule has 0 bridgehead atoms. The molecule has 0 radical (unpaired) electrons. The number of guanidine groups is 1. The number of hydrogen-bond acceptors (Lipinski definition) is 4. The molecule has 1 aliphatic heterocycles. The number of thiophene rings is 1. The van der Waals surface area contributed by atoms with E-state index >= 15 is 0 Å². The first-order valence-corrected chi connectivity index (χ1v) is 11.5. The number of hydrogen-bond donors (Lipinski definition) is 2. The van der Waals surface area contributed by atoms with Gasteiger partial charge in [-0.25, -0.2) is 0 Å². The molecule has 2 N–H and O–H groups in total. The van der Waals surface area contributed by atoms with E-state index in [-0.39, 0.29) is 35.6 Å². The van der Waals surface area contributed by atoms with Gasteiger partial charge in [-0.2, -0.15) is 11.3 Å². The molecule has 2 aromatic rings. The fourth-order valence-electron chi connectivity index (χ4n) is 3.82. The molecule has 1 unspecified atom stereocenters. The zero-order valence-corrected chi connectivity index (χ0v) is 21.4. The van der Waals surface area contributed by atoms with Crippen LogP contribution in [0, 0.1) is 0 Å². The lowest BCUT2D eigenvalue weighted by atomic mass is 9.88. The number of aliphatic imine (C=N–C) groups is 1. The van der Waals surface area contributed by atoms with Crippen molar-refractivity contribution in [3.8, 4) is 0 Å². The molecule has 1 aromatic heterocycles. The number of rotatable bonds is 8. The van der Waals surface area contributed by atoms with E-state index in [1.54, 1.807) is 11.3 Å². The Labute approximate surface area is 202 Å². The lowest BCUT2D eigenvalue weighted by molar-refractivity contribution is 0.0373. The van der Waals surface area contributed by atoms with E-state index in [9.17, 15) is 0 Å². The number of nitrogens with zero attached hydrogens (tertiary/aromatic N) is 2. The summed E-state index contributed by atoms with van der Waals surface area (Å²) in [7, 11) is 2.11. The summed E-state index contributed by atoms with van der Waals surface area (Å²) in [5.74, 6) is 0.957. The van der Waals surface area contributed by atoms with Crippen LogP contribution >= 0.6 is 35.3 Å². The molecule has 1 atom stereocenters. The van der Waals surface area contributed by atoms with Gasteiger partial charge in [-0.05, 0) is 54.6 Å². The second kappa shape index (κ2) is 12.6. The van der Waals surface area contributed by atoms with E-state index in [4.69, 9.17) is 9.73 Å². The predicted molar refractivity (Wildman–Crippen MR) is 138 cm³/mol. The highest BCUT2D eigenvalue weighted by molar-refractivity contribution is 14.0. The van der Waals surface area contributed by atoms with Crippen molar-refractivity contribution in [2.75, 3.05) is 33.4 Å². The van der Waals surface area contributed by atoms with E-state index in [1.807, 2.05) is 0 Å². The van der Waals surface area contributed by atoms with Gasteiger partial charge in [0, 0.05) is 44.9 Å². The molecular weight excluding hydrogens is 507 g/mol. The molecule has 1 fully saturated rings. The molecule has 2 heterocycles. The van der Waals surface area contributed by atoms with Crippen molar-refractivity contribution in [2.24, 2.45) is 4.99 Å². The third kappa shape index (κ3) is 7.21. The quantitative estimate of drug-likeness (QED) is 0.290. The van der Waals surface area contributed by atoms with Gasteiger partial charge in [-0.1, -0.05) is 30.3 Å². The van der Waals surface area contributed by atoms with Gasteiger partial charge in [0.15, 0.2) is 5.96 Å². The summed E-state index contributed by atoms with van der Waals surface area (Å²) < 4.78 is 5.67. The Balaban J connectivity index is 0.00000320. The van der Waals surface area contributed by atoms with Crippen molar-refractivity contribution in [3.05, 3.63) is 58.3 Å². The van der Waals surface area contributed by atoms with Crippen molar-refractivity contribution in [1.29, 1.82) is 0 Å². The van der Waals surface area contributed by atoms with Gasteiger partial charge in [0.05, 0.1) is 6.54 Å². The second-order valence-corrected chi connectivity index (χ2v) is 8.61. The van der Waals surface area contributed by atoms with Gasteiger partial charge in [0.1, 0.15) is 0 Å². The topological polar surface area (TPSA) is 48.9 Å². The summed E-state index contributed by atoms with van der Waals surface area (Å²) in [6.07, 6.45) is 1.95. The summed E-state index contributed by atoms with van der Waals surface area (Å²) in [4.78, 5) is 7.26. The fourth-order valence-corrected chi connectivity index (χ4v) is 4.48. The molecule has 1 aromatic carbocycles. The molecule has 0 aliphatic carbocycles. The molecule has 0 spiro atoms. The minimum Gasteiger partial charge on any atom is -0.381 e. The highest BCUT2D eigenvalue weighted by Crippen LogP contribution is 2.26. The van der Waals surface area contributed by atoms with Crippen LogP contribution in [0.1, 0.15) is 43.9 Å². The summed E-state index contributed by atoms with van der Waals surface area (Å²) >= 11 is 1.74. The summed E-state index contributed by atoms with van der Waals surface area (Å²) in [6, 6.07) is 13.1. The molecule has 30 heavy (non-hydrogen) atoms. The first-order valence-electron chi connectivity index (χ1n) is 10.5. The van der Waals surface area contributed by atoms with Gasteiger partial charge >= 0.3 is 0 Å². The number of ether oxygens (including phenoxy) is 1. The summed E-state index contributed by atoms with van der Waals surface area (Å²) in [5, 5.41) is 11.7. The Bertz CT molecular complexity index is 748. The molecule has 1 aliphatic rings. The van der Waals surface area contributed by atoms with Gasteiger partial charge in [-0.3, -0.25) is 4.99 Å². The van der Waals surface area contributed by atoms with Crippen LogP contribution in [-0.2, 0) is 11.3 Å². The average molecular weight is 543 g/mol. The van der Waals surface area contributed by atoms with Crippen LogP contribution in [0.25, 0.3) is 0 Å². The van der Waals surface area contributed by atoms with Crippen molar-refractivity contribution >= 4 is 41.3 Å². The SMILES string of the molecule is CCNC(=NCC1(NC(C)c2ccccc2)CCOCC1)N(C)Cc1ccsc1.I. The molecule has 3 rings (SSSR count). The largest absolute Gasteiger partial charge is 0.381 e. The van der Waals surface area contributed by atoms with Crippen LogP contribution in [0.2, 0.25) is 0 Å². The molecule has 166 valence electrons. The van der Waals surface area contributed by atoms with Gasteiger partial charge in [0.2, 0.25) is 0 Å². The smallest absolute Gasteiger partial charge is 0.194 e. The fraction of sp³-hybridized carbons (Fsp3) is 0.522. The van der Waals surface area contributed by atoms with E-state index in [1.165, 1.54) is 11.1 Å². The number of halogens is 1. The Morgan fingerprint density at radius 2 is 1.97 bits per heavy atom. The van der Waals surface area contributed by atoms with Crippen LogP contribution in [0.5, 0.6) is 0 Å². The number of benzene rings is 1.